The minimum atomic E-state index is -1.41. The van der Waals surface area contributed by atoms with Crippen molar-refractivity contribution < 1.29 is 19.4 Å². The van der Waals surface area contributed by atoms with Gasteiger partial charge in [0.25, 0.3) is 0 Å². The molecule has 1 aromatic carbocycles. The van der Waals surface area contributed by atoms with Crippen LogP contribution < -0.4 is 0 Å². The molecule has 1 aromatic rings. The molecule has 0 saturated carbocycles. The fourth-order valence-corrected chi connectivity index (χ4v) is 1.08. The summed E-state index contributed by atoms with van der Waals surface area (Å²) >= 11 is 0. The lowest BCUT2D eigenvalue weighted by Gasteiger charge is -2.08. The van der Waals surface area contributed by atoms with E-state index in [1.165, 1.54) is 0 Å². The molecule has 0 saturated heterocycles. The van der Waals surface area contributed by atoms with Gasteiger partial charge in [0.2, 0.25) is 0 Å². The molecule has 0 aromatic heterocycles. The highest BCUT2D eigenvalue weighted by molar-refractivity contribution is 5.87. The molecule has 0 heterocycles. The fraction of sp³-hybridized carbons (Fsp3) is 0.273. The summed E-state index contributed by atoms with van der Waals surface area (Å²) in [5.41, 5.74) is 1.43. The van der Waals surface area contributed by atoms with Gasteiger partial charge < -0.3 is 9.84 Å². The van der Waals surface area contributed by atoms with Crippen molar-refractivity contribution in [3.8, 4) is 0 Å². The van der Waals surface area contributed by atoms with Crippen LogP contribution in [0.3, 0.4) is 0 Å². The summed E-state index contributed by atoms with van der Waals surface area (Å²) in [6, 6.07) is 6.75. The highest BCUT2D eigenvalue weighted by Crippen LogP contribution is 2.14. The van der Waals surface area contributed by atoms with E-state index in [0.29, 0.717) is 5.56 Å². The minimum absolute atomic E-state index is 0.409. The van der Waals surface area contributed by atoms with Crippen molar-refractivity contribution in [1.82, 2.24) is 0 Å². The van der Waals surface area contributed by atoms with Crippen molar-refractivity contribution in [2.24, 2.45) is 0 Å². The van der Waals surface area contributed by atoms with Crippen LogP contribution in [0.25, 0.3) is 0 Å². The van der Waals surface area contributed by atoms with Crippen LogP contribution in [0.15, 0.2) is 24.3 Å². The SMILES string of the molecule is CC(=O)OC(=O)C(O)c1ccc(C)cc1. The first-order valence-electron chi connectivity index (χ1n) is 4.47. The highest BCUT2D eigenvalue weighted by Gasteiger charge is 2.20. The first-order valence-corrected chi connectivity index (χ1v) is 4.47. The van der Waals surface area contributed by atoms with Gasteiger partial charge in [-0.25, -0.2) is 4.79 Å². The molecule has 80 valence electrons. The van der Waals surface area contributed by atoms with E-state index >= 15 is 0 Å². The van der Waals surface area contributed by atoms with E-state index in [9.17, 15) is 14.7 Å². The molecule has 15 heavy (non-hydrogen) atoms. The molecule has 1 atom stereocenters. The summed E-state index contributed by atoms with van der Waals surface area (Å²) in [4.78, 5) is 21.6. The number of hydrogen-bond acceptors (Lipinski definition) is 4. The zero-order chi connectivity index (χ0) is 11.4. The summed E-state index contributed by atoms with van der Waals surface area (Å²) in [5.74, 6) is -1.68. The third-order valence-corrected chi connectivity index (χ3v) is 1.86. The van der Waals surface area contributed by atoms with E-state index in [2.05, 4.69) is 4.74 Å². The molecule has 0 bridgehead atoms. The third kappa shape index (κ3) is 3.18. The van der Waals surface area contributed by atoms with E-state index in [0.717, 1.165) is 12.5 Å². The maximum atomic E-state index is 11.1. The lowest BCUT2D eigenvalue weighted by Crippen LogP contribution is -2.17. The molecular formula is C11H12O4. The second-order valence-corrected chi connectivity index (χ2v) is 3.23. The quantitative estimate of drug-likeness (QED) is 0.584. The van der Waals surface area contributed by atoms with E-state index in [1.54, 1.807) is 24.3 Å². The standard InChI is InChI=1S/C11H12O4/c1-7-3-5-9(6-4-7)10(13)11(14)15-8(2)12/h3-6,10,13H,1-2H3. The number of aliphatic hydroxyl groups excluding tert-OH is 1. The number of carbonyl (C=O) groups is 2. The molecule has 4 nitrogen and oxygen atoms in total. The molecule has 1 unspecified atom stereocenters. The van der Waals surface area contributed by atoms with Gasteiger partial charge in [-0.3, -0.25) is 4.79 Å². The molecule has 1 rings (SSSR count). The lowest BCUT2D eigenvalue weighted by atomic mass is 10.1. The molecule has 0 spiro atoms. The van der Waals surface area contributed by atoms with Crippen molar-refractivity contribution in [2.75, 3.05) is 0 Å². The number of esters is 2. The topological polar surface area (TPSA) is 63.6 Å². The Morgan fingerprint density at radius 1 is 1.27 bits per heavy atom. The van der Waals surface area contributed by atoms with Crippen molar-refractivity contribution in [1.29, 1.82) is 0 Å². The first-order chi connectivity index (χ1) is 7.00. The Hall–Kier alpha value is -1.68. The van der Waals surface area contributed by atoms with Crippen molar-refractivity contribution in [2.45, 2.75) is 20.0 Å². The Bertz CT molecular complexity index is 367. The molecule has 0 aliphatic rings. The van der Waals surface area contributed by atoms with Crippen LogP contribution in [-0.4, -0.2) is 17.0 Å². The summed E-state index contributed by atoms with van der Waals surface area (Å²) in [6.07, 6.45) is -1.41. The normalized spacial score (nSPS) is 11.9. The Morgan fingerprint density at radius 3 is 2.27 bits per heavy atom. The second-order valence-electron chi connectivity index (χ2n) is 3.23. The summed E-state index contributed by atoms with van der Waals surface area (Å²) in [5, 5.41) is 9.50. The number of rotatable bonds is 2. The van der Waals surface area contributed by atoms with Gasteiger partial charge in [-0.1, -0.05) is 29.8 Å². The molecule has 0 amide bonds. The van der Waals surface area contributed by atoms with E-state index in [-0.39, 0.29) is 0 Å². The van der Waals surface area contributed by atoms with Gasteiger partial charge >= 0.3 is 11.9 Å². The first kappa shape index (κ1) is 11.4. The third-order valence-electron chi connectivity index (χ3n) is 1.86. The smallest absolute Gasteiger partial charge is 0.347 e. The second kappa shape index (κ2) is 4.70. The number of aliphatic hydroxyl groups is 1. The van der Waals surface area contributed by atoms with Gasteiger partial charge in [0.15, 0.2) is 6.10 Å². The van der Waals surface area contributed by atoms with Crippen molar-refractivity contribution >= 4 is 11.9 Å². The van der Waals surface area contributed by atoms with Gasteiger partial charge in [0.1, 0.15) is 0 Å². The zero-order valence-corrected chi connectivity index (χ0v) is 8.56. The largest absolute Gasteiger partial charge is 0.391 e. The number of carbonyl (C=O) groups excluding carboxylic acids is 2. The van der Waals surface area contributed by atoms with Crippen LogP contribution in [-0.2, 0) is 14.3 Å². The average molecular weight is 208 g/mol. The van der Waals surface area contributed by atoms with E-state index < -0.39 is 18.0 Å². The number of benzene rings is 1. The van der Waals surface area contributed by atoms with Crippen LogP contribution in [0.1, 0.15) is 24.2 Å². The predicted molar refractivity (Wildman–Crippen MR) is 52.9 cm³/mol. The Kier molecular flexibility index (Phi) is 3.57. The van der Waals surface area contributed by atoms with Gasteiger partial charge in [-0.2, -0.15) is 0 Å². The molecule has 0 fully saturated rings. The predicted octanol–water partition coefficient (Wildman–Crippen LogP) is 1.12. The lowest BCUT2D eigenvalue weighted by molar-refractivity contribution is -0.164. The summed E-state index contributed by atoms with van der Waals surface area (Å²) in [7, 11) is 0. The highest BCUT2D eigenvalue weighted by atomic mass is 16.6. The molecule has 0 aliphatic carbocycles. The zero-order valence-electron chi connectivity index (χ0n) is 8.56. The summed E-state index contributed by atoms with van der Waals surface area (Å²) in [6.45, 7) is 3.00. The van der Waals surface area contributed by atoms with Crippen LogP contribution in [0.2, 0.25) is 0 Å². The van der Waals surface area contributed by atoms with Crippen molar-refractivity contribution in [3.63, 3.8) is 0 Å². The summed E-state index contributed by atoms with van der Waals surface area (Å²) < 4.78 is 4.27. The fourth-order valence-electron chi connectivity index (χ4n) is 1.08. The number of ether oxygens (including phenoxy) is 1. The Balaban J connectivity index is 2.76. The van der Waals surface area contributed by atoms with E-state index in [1.807, 2.05) is 6.92 Å². The molecule has 0 radical (unpaired) electrons. The Morgan fingerprint density at radius 2 is 1.80 bits per heavy atom. The average Bonchev–Trinajstić information content (AvgIpc) is 2.17. The Labute approximate surface area is 87.5 Å². The molecule has 1 N–H and O–H groups in total. The maximum Gasteiger partial charge on any atom is 0.347 e. The van der Waals surface area contributed by atoms with Gasteiger partial charge in [-0.05, 0) is 12.5 Å². The van der Waals surface area contributed by atoms with Gasteiger partial charge in [0.05, 0.1) is 0 Å². The van der Waals surface area contributed by atoms with Gasteiger partial charge in [-0.15, -0.1) is 0 Å². The van der Waals surface area contributed by atoms with Crippen LogP contribution in [0, 0.1) is 6.92 Å². The minimum Gasteiger partial charge on any atom is -0.391 e. The molecular weight excluding hydrogens is 196 g/mol. The molecule has 4 heteroatoms. The number of hydrogen-bond donors (Lipinski definition) is 1. The number of aryl methyl sites for hydroxylation is 1. The molecule has 0 aliphatic heterocycles. The van der Waals surface area contributed by atoms with Gasteiger partial charge in [0, 0.05) is 6.92 Å². The van der Waals surface area contributed by atoms with Crippen molar-refractivity contribution in [3.05, 3.63) is 35.4 Å². The van der Waals surface area contributed by atoms with Crippen LogP contribution >= 0.6 is 0 Å². The van der Waals surface area contributed by atoms with E-state index in [4.69, 9.17) is 0 Å². The maximum absolute atomic E-state index is 11.1. The van der Waals surface area contributed by atoms with Crippen LogP contribution in [0.4, 0.5) is 0 Å². The van der Waals surface area contributed by atoms with Crippen LogP contribution in [0.5, 0.6) is 0 Å². The monoisotopic (exact) mass is 208 g/mol.